The number of carboxylic acids is 2. The van der Waals surface area contributed by atoms with Gasteiger partial charge in [-0.25, -0.2) is 9.97 Å². The topological polar surface area (TPSA) is 132 Å². The first kappa shape index (κ1) is 28.4. The Kier molecular flexibility index (Phi) is 7.44. The van der Waals surface area contributed by atoms with Crippen molar-refractivity contribution in [2.45, 2.75) is 53.4 Å². The van der Waals surface area contributed by atoms with Crippen molar-refractivity contribution in [3.63, 3.8) is 0 Å². The summed E-state index contributed by atoms with van der Waals surface area (Å²) >= 11 is 0. The summed E-state index contributed by atoms with van der Waals surface area (Å²) in [6, 6.07) is 7.73. The van der Waals surface area contributed by atoms with E-state index in [1.165, 1.54) is 0 Å². The smallest absolute Gasteiger partial charge is 0.303 e. The summed E-state index contributed by atoms with van der Waals surface area (Å²) < 4.78 is 0. The van der Waals surface area contributed by atoms with Crippen molar-refractivity contribution < 1.29 is 19.8 Å². The van der Waals surface area contributed by atoms with Crippen molar-refractivity contribution in [2.75, 3.05) is 0 Å². The highest BCUT2D eigenvalue weighted by molar-refractivity contribution is 6.00. The van der Waals surface area contributed by atoms with Gasteiger partial charge in [0.1, 0.15) is 0 Å². The molecule has 8 bridgehead atoms. The third-order valence-corrected chi connectivity index (χ3v) is 8.11. The van der Waals surface area contributed by atoms with Crippen LogP contribution >= 0.6 is 0 Å². The van der Waals surface area contributed by atoms with Crippen LogP contribution in [-0.4, -0.2) is 42.1 Å². The molecule has 2 aliphatic rings. The van der Waals surface area contributed by atoms with Gasteiger partial charge in [-0.1, -0.05) is 18.6 Å². The summed E-state index contributed by atoms with van der Waals surface area (Å²) in [6.07, 6.45) is 8.29. The Labute approximate surface area is 243 Å². The van der Waals surface area contributed by atoms with E-state index in [9.17, 15) is 19.8 Å². The number of hydrogen-bond donors (Lipinski definition) is 4. The summed E-state index contributed by atoms with van der Waals surface area (Å²) in [4.78, 5) is 39.8. The fourth-order valence-electron chi connectivity index (χ4n) is 5.67. The van der Waals surface area contributed by atoms with Gasteiger partial charge in [0.25, 0.3) is 0 Å². The quantitative estimate of drug-likeness (QED) is 0.231. The summed E-state index contributed by atoms with van der Waals surface area (Å²) in [5.41, 5.74) is 12.9. The van der Waals surface area contributed by atoms with Gasteiger partial charge in [0.05, 0.1) is 28.3 Å². The molecule has 8 heteroatoms. The number of aryl methyl sites for hydroxylation is 3. The number of H-pyrrole nitrogens is 2. The first-order chi connectivity index (χ1) is 20.0. The van der Waals surface area contributed by atoms with Crippen molar-refractivity contribution in [1.82, 2.24) is 19.9 Å². The van der Waals surface area contributed by atoms with E-state index < -0.39 is 11.9 Å². The standard InChI is InChI=1S/C34H32N4O4/c1-7-21-17(3)25-13-26-19(5)23(9-11-33(39)40)31(37-26)16-32-24(10-12-34(41)42)20(6)28(38-32)15-30-22(8-2)18(4)27(36-30)14-29(21)35-25/h2,7,13-16,35,38H,1,9-12H2,3-6H3,(H,39,40)(H,41,42). The molecule has 0 radical (unpaired) electrons. The predicted molar refractivity (Wildman–Crippen MR) is 167 cm³/mol. The monoisotopic (exact) mass is 560 g/mol. The van der Waals surface area contributed by atoms with E-state index in [1.807, 2.05) is 58.0 Å². The minimum atomic E-state index is -0.894. The van der Waals surface area contributed by atoms with E-state index >= 15 is 0 Å². The molecule has 4 N–H and O–H groups in total. The first-order valence-corrected chi connectivity index (χ1v) is 13.7. The zero-order valence-corrected chi connectivity index (χ0v) is 24.1. The molecule has 0 amide bonds. The first-order valence-electron chi connectivity index (χ1n) is 13.7. The van der Waals surface area contributed by atoms with Crippen molar-refractivity contribution in [3.8, 4) is 12.3 Å². The molecular formula is C34H32N4O4. The lowest BCUT2D eigenvalue weighted by molar-refractivity contribution is -0.137. The van der Waals surface area contributed by atoms with Gasteiger partial charge in [-0.3, -0.25) is 9.59 Å². The SMILES string of the molecule is C#CC1=C(C)c2cc3[nH]c(cc4nc(cc5[nH]c(cc1n2)c(C)c5CCC(=O)O)C(CCC(=O)O)=C4C)c(C)c3C=C. The van der Waals surface area contributed by atoms with Crippen LogP contribution in [0.2, 0.25) is 0 Å². The molecule has 0 aromatic carbocycles. The highest BCUT2D eigenvalue weighted by atomic mass is 16.4. The number of nitrogens with one attached hydrogen (secondary N) is 2. The van der Waals surface area contributed by atoms with Crippen LogP contribution in [0.1, 0.15) is 78.1 Å². The van der Waals surface area contributed by atoms with Gasteiger partial charge in [0, 0.05) is 40.5 Å². The third kappa shape index (κ3) is 5.06. The zero-order valence-electron chi connectivity index (χ0n) is 24.1. The van der Waals surface area contributed by atoms with Crippen molar-refractivity contribution >= 4 is 62.4 Å². The summed E-state index contributed by atoms with van der Waals surface area (Å²) in [6.45, 7) is 11.9. The molecule has 0 fully saturated rings. The van der Waals surface area contributed by atoms with E-state index in [2.05, 4.69) is 22.5 Å². The van der Waals surface area contributed by atoms with Crippen LogP contribution in [0, 0.1) is 26.2 Å². The van der Waals surface area contributed by atoms with Gasteiger partial charge in [-0.15, -0.1) is 6.42 Å². The summed E-state index contributed by atoms with van der Waals surface area (Å²) in [5.74, 6) is 1.01. The second-order valence-corrected chi connectivity index (χ2v) is 10.6. The fourth-order valence-corrected chi connectivity index (χ4v) is 5.67. The van der Waals surface area contributed by atoms with Crippen molar-refractivity contribution in [1.29, 1.82) is 0 Å². The number of aromatic amines is 2. The minimum Gasteiger partial charge on any atom is -0.481 e. The van der Waals surface area contributed by atoms with Crippen molar-refractivity contribution in [3.05, 3.63) is 75.9 Å². The molecular weight excluding hydrogens is 528 g/mol. The number of carboxylic acid groups (broad SMARTS) is 2. The number of aliphatic carboxylic acids is 2. The van der Waals surface area contributed by atoms with E-state index in [0.717, 1.165) is 72.4 Å². The predicted octanol–water partition coefficient (Wildman–Crippen LogP) is 6.95. The minimum absolute atomic E-state index is 0.0400. The Balaban J connectivity index is 1.94. The zero-order chi connectivity index (χ0) is 30.3. The summed E-state index contributed by atoms with van der Waals surface area (Å²) in [7, 11) is 0. The van der Waals surface area contributed by atoms with Crippen LogP contribution < -0.4 is 0 Å². The van der Waals surface area contributed by atoms with E-state index in [0.29, 0.717) is 29.8 Å². The van der Waals surface area contributed by atoms with Gasteiger partial charge >= 0.3 is 11.9 Å². The number of rotatable bonds is 7. The molecule has 3 aromatic heterocycles. The second kappa shape index (κ2) is 11.0. The Hall–Kier alpha value is -5.16. The third-order valence-electron chi connectivity index (χ3n) is 8.11. The molecule has 5 heterocycles. The number of nitrogens with zero attached hydrogens (tertiary/aromatic N) is 2. The molecule has 0 unspecified atom stereocenters. The molecule has 42 heavy (non-hydrogen) atoms. The molecule has 5 rings (SSSR count). The highest BCUT2D eigenvalue weighted by Gasteiger charge is 2.21. The molecule has 0 saturated heterocycles. The normalized spacial score (nSPS) is 12.9. The molecule has 0 atom stereocenters. The van der Waals surface area contributed by atoms with Crippen LogP contribution in [0.4, 0.5) is 0 Å². The number of terminal acetylenes is 1. The molecule has 8 nitrogen and oxygen atoms in total. The Bertz CT molecular complexity index is 1960. The number of fused-ring (bicyclic) bond motifs is 8. The largest absolute Gasteiger partial charge is 0.481 e. The maximum atomic E-state index is 11.5. The van der Waals surface area contributed by atoms with E-state index in [1.54, 1.807) is 0 Å². The van der Waals surface area contributed by atoms with E-state index in [4.69, 9.17) is 16.4 Å². The lowest BCUT2D eigenvalue weighted by Crippen LogP contribution is -1.98. The lowest BCUT2D eigenvalue weighted by atomic mass is 10.0. The Morgan fingerprint density at radius 3 is 2.02 bits per heavy atom. The summed E-state index contributed by atoms with van der Waals surface area (Å²) in [5, 5.41) is 18.9. The number of aromatic nitrogens is 4. The number of hydrogen-bond acceptors (Lipinski definition) is 4. The van der Waals surface area contributed by atoms with Gasteiger partial charge in [-0.2, -0.15) is 0 Å². The maximum absolute atomic E-state index is 11.5. The van der Waals surface area contributed by atoms with Gasteiger partial charge in [0.15, 0.2) is 0 Å². The van der Waals surface area contributed by atoms with Gasteiger partial charge in [-0.05, 0) is 98.2 Å². The molecule has 0 saturated carbocycles. The Morgan fingerprint density at radius 1 is 0.810 bits per heavy atom. The maximum Gasteiger partial charge on any atom is 0.303 e. The number of carbonyl (C=O) groups is 2. The number of allylic oxidation sites excluding steroid dienone is 4. The average Bonchev–Trinajstić information content (AvgIpc) is 3.59. The van der Waals surface area contributed by atoms with Gasteiger partial charge in [0.2, 0.25) is 0 Å². The second-order valence-electron chi connectivity index (χ2n) is 10.6. The van der Waals surface area contributed by atoms with Crippen LogP contribution in [-0.2, 0) is 16.0 Å². The average molecular weight is 561 g/mol. The van der Waals surface area contributed by atoms with Gasteiger partial charge < -0.3 is 20.2 Å². The molecule has 0 spiro atoms. The van der Waals surface area contributed by atoms with Crippen LogP contribution in [0.15, 0.2) is 30.8 Å². The van der Waals surface area contributed by atoms with Crippen LogP contribution in [0.5, 0.6) is 0 Å². The highest BCUT2D eigenvalue weighted by Crippen LogP contribution is 2.36. The molecule has 212 valence electrons. The van der Waals surface area contributed by atoms with E-state index in [-0.39, 0.29) is 12.8 Å². The molecule has 0 aliphatic carbocycles. The van der Waals surface area contributed by atoms with Crippen molar-refractivity contribution in [2.24, 2.45) is 0 Å². The molecule has 3 aromatic rings. The Morgan fingerprint density at radius 2 is 1.36 bits per heavy atom. The lowest BCUT2D eigenvalue weighted by Gasteiger charge is -2.03. The fraction of sp³-hybridized carbons (Fsp3) is 0.235. The molecule has 2 aliphatic heterocycles. The van der Waals surface area contributed by atoms with Crippen LogP contribution in [0.25, 0.3) is 50.4 Å². The van der Waals surface area contributed by atoms with Crippen LogP contribution in [0.3, 0.4) is 0 Å².